The van der Waals surface area contributed by atoms with Gasteiger partial charge in [-0.2, -0.15) is 39.5 Å². The first-order valence-corrected chi connectivity index (χ1v) is 28.4. The van der Waals surface area contributed by atoms with Gasteiger partial charge in [-0.3, -0.25) is 0 Å². The molecule has 458 valence electrons. The molecule has 81 heavy (non-hydrogen) atoms. The van der Waals surface area contributed by atoms with Crippen molar-refractivity contribution in [2.45, 2.75) is 176 Å². The summed E-state index contributed by atoms with van der Waals surface area (Å²) >= 11 is 9.40. The van der Waals surface area contributed by atoms with Crippen molar-refractivity contribution in [3.8, 4) is 17.2 Å². The van der Waals surface area contributed by atoms with E-state index in [0.29, 0.717) is 56.5 Å². The van der Waals surface area contributed by atoms with E-state index in [2.05, 4.69) is 47.8 Å². The van der Waals surface area contributed by atoms with E-state index < -0.39 is 74.0 Å². The molecule has 0 amide bonds. The van der Waals surface area contributed by atoms with Crippen molar-refractivity contribution in [1.82, 2.24) is 0 Å². The number of alkyl halides is 10. The molecule has 0 bridgehead atoms. The minimum Gasteiger partial charge on any atom is -0.507 e. The predicted molar refractivity (Wildman–Crippen MR) is 302 cm³/mol. The van der Waals surface area contributed by atoms with Crippen molar-refractivity contribution < 1.29 is 101 Å². The Bertz CT molecular complexity index is 2440. The summed E-state index contributed by atoms with van der Waals surface area (Å²) in [5.74, 6) is -0.801. The van der Waals surface area contributed by atoms with Crippen molar-refractivity contribution in [3.63, 3.8) is 0 Å². The zero-order valence-electron chi connectivity index (χ0n) is 48.1. The van der Waals surface area contributed by atoms with Crippen molar-refractivity contribution in [1.29, 1.82) is 0 Å². The molecular weight excluding hydrogens is 1290 g/mol. The van der Waals surface area contributed by atoms with E-state index >= 15 is 0 Å². The minimum absolute atomic E-state index is 0.0491. The fraction of sp³-hybridized carbons (Fsp3) is 0.611. The highest BCUT2D eigenvalue weighted by molar-refractivity contribution is 9.11. The number of rotatable bonds is 17. The summed E-state index contributed by atoms with van der Waals surface area (Å²) in [7, 11) is -0.339. The average Bonchev–Trinajstić information content (AvgIpc) is 3.72. The number of aryl methyl sites for hydroxylation is 3. The molecule has 13 nitrogen and oxygen atoms in total. The molecule has 0 aliphatic carbocycles. The van der Waals surface area contributed by atoms with Crippen LogP contribution in [0, 0.1) is 20.8 Å². The number of esters is 3. The third kappa shape index (κ3) is 26.4. The maximum atomic E-state index is 12.4. The molecule has 0 radical (unpaired) electrons. The molecule has 0 aromatic heterocycles. The topological polar surface area (TPSA) is 155 Å². The SMILES string of the molecule is CC1(C)OBOC1(C)C.CCOC(=O)c1cc(C)c(B2OC(C)(C)C(C)(C)O2)c(OCCCC(F)(F)F)c1.CCOC(=O)c1cc(C)c(Br)c(O)c1.CCOC(=O)c1cc(C)c(Br)c(OCCCC(F)(F)F)c1.FC(F)(F)CCCBr. The molecule has 0 unspecified atom stereocenters. The van der Waals surface area contributed by atoms with Crippen LogP contribution in [0.3, 0.4) is 0 Å². The zero-order chi connectivity index (χ0) is 62.5. The summed E-state index contributed by atoms with van der Waals surface area (Å²) in [6, 6.07) is 9.25. The fourth-order valence-electron chi connectivity index (χ4n) is 6.59. The highest BCUT2D eigenvalue weighted by Crippen LogP contribution is 2.39. The number of halogens is 12. The van der Waals surface area contributed by atoms with Gasteiger partial charge < -0.3 is 47.4 Å². The first-order chi connectivity index (χ1) is 37.1. The number of carbonyl (C=O) groups is 3. The van der Waals surface area contributed by atoms with Crippen LogP contribution in [0.15, 0.2) is 45.3 Å². The second kappa shape index (κ2) is 33.1. The lowest BCUT2D eigenvalue weighted by Gasteiger charge is -2.32. The van der Waals surface area contributed by atoms with Gasteiger partial charge in [0.05, 0.1) is 81.1 Å². The molecule has 3 aromatic rings. The maximum absolute atomic E-state index is 12.4. The predicted octanol–water partition coefficient (Wildman–Crippen LogP) is 15.1. The van der Waals surface area contributed by atoms with Gasteiger partial charge in [-0.1, -0.05) is 15.9 Å². The number of carbonyl (C=O) groups excluding carboxylic acids is 3. The lowest BCUT2D eigenvalue weighted by atomic mass is 9.75. The van der Waals surface area contributed by atoms with Crippen LogP contribution in [-0.2, 0) is 32.8 Å². The van der Waals surface area contributed by atoms with E-state index in [1.807, 2.05) is 55.4 Å². The Morgan fingerprint density at radius 1 is 0.543 bits per heavy atom. The van der Waals surface area contributed by atoms with Crippen molar-refractivity contribution in [3.05, 3.63) is 78.7 Å². The van der Waals surface area contributed by atoms with Crippen molar-refractivity contribution in [2.75, 3.05) is 38.4 Å². The molecule has 2 heterocycles. The number of benzene rings is 3. The number of hydrogen-bond acceptors (Lipinski definition) is 13. The smallest absolute Gasteiger partial charge is 0.498 e. The first kappa shape index (κ1) is 75.3. The van der Waals surface area contributed by atoms with E-state index in [-0.39, 0.29) is 74.0 Å². The van der Waals surface area contributed by atoms with E-state index in [1.165, 1.54) is 18.2 Å². The summed E-state index contributed by atoms with van der Waals surface area (Å²) in [5.41, 5.74) is 2.24. The van der Waals surface area contributed by atoms with Gasteiger partial charge in [0.15, 0.2) is 0 Å². The molecule has 2 fully saturated rings. The molecule has 0 spiro atoms. The molecule has 0 atom stereocenters. The van der Waals surface area contributed by atoms with Crippen LogP contribution in [0.4, 0.5) is 39.5 Å². The Morgan fingerprint density at radius 3 is 1.22 bits per heavy atom. The average molecular weight is 1360 g/mol. The van der Waals surface area contributed by atoms with Crippen LogP contribution < -0.4 is 14.9 Å². The fourth-order valence-corrected chi connectivity index (χ4v) is 7.44. The van der Waals surface area contributed by atoms with Gasteiger partial charge in [0, 0.05) is 30.1 Å². The summed E-state index contributed by atoms with van der Waals surface area (Å²) in [4.78, 5) is 35.2. The molecule has 2 aliphatic rings. The summed E-state index contributed by atoms with van der Waals surface area (Å²) in [6.45, 7) is 26.8. The first-order valence-electron chi connectivity index (χ1n) is 25.7. The number of phenolic OH excluding ortho intramolecular Hbond substituents is 1. The van der Waals surface area contributed by atoms with Gasteiger partial charge in [0.2, 0.25) is 0 Å². The highest BCUT2D eigenvalue weighted by atomic mass is 79.9. The third-order valence-electron chi connectivity index (χ3n) is 12.4. The normalized spacial score (nSPS) is 15.6. The molecule has 1 N–H and O–H groups in total. The van der Waals surface area contributed by atoms with E-state index in [9.17, 15) is 59.0 Å². The Labute approximate surface area is 495 Å². The third-order valence-corrected chi connectivity index (χ3v) is 15.0. The van der Waals surface area contributed by atoms with Crippen LogP contribution in [-0.4, -0.2) is 117 Å². The van der Waals surface area contributed by atoms with Gasteiger partial charge in [-0.25, -0.2) is 14.4 Å². The number of ether oxygens (including phenoxy) is 5. The molecular formula is C54H74B2Br3F9O13. The summed E-state index contributed by atoms with van der Waals surface area (Å²) in [6.07, 6.45) is -15.1. The second-order valence-electron chi connectivity index (χ2n) is 20.2. The van der Waals surface area contributed by atoms with Gasteiger partial charge in [0.1, 0.15) is 17.2 Å². The Hall–Kier alpha value is -3.75. The van der Waals surface area contributed by atoms with Crippen LogP contribution in [0.2, 0.25) is 0 Å². The quantitative estimate of drug-likeness (QED) is 0.0341. The largest absolute Gasteiger partial charge is 0.507 e. The van der Waals surface area contributed by atoms with E-state index in [4.69, 9.17) is 42.3 Å². The van der Waals surface area contributed by atoms with Crippen LogP contribution >= 0.6 is 47.8 Å². The Morgan fingerprint density at radius 2 is 0.889 bits per heavy atom. The van der Waals surface area contributed by atoms with E-state index in [0.717, 1.165) is 11.1 Å². The van der Waals surface area contributed by atoms with Gasteiger partial charge in [-0.15, -0.1) is 0 Å². The number of aromatic hydroxyl groups is 1. The molecule has 2 aliphatic heterocycles. The van der Waals surface area contributed by atoms with E-state index in [1.54, 1.807) is 59.7 Å². The molecule has 2 saturated heterocycles. The molecule has 0 saturated carbocycles. The maximum Gasteiger partial charge on any atom is 0.498 e. The van der Waals surface area contributed by atoms with Gasteiger partial charge in [0.25, 0.3) is 0 Å². The summed E-state index contributed by atoms with van der Waals surface area (Å²) < 4.78 is 157. The van der Waals surface area contributed by atoms with Gasteiger partial charge >= 0.3 is 51.2 Å². The summed E-state index contributed by atoms with van der Waals surface area (Å²) in [5, 5.41) is 9.87. The zero-order valence-corrected chi connectivity index (χ0v) is 52.9. The van der Waals surface area contributed by atoms with Crippen molar-refractivity contribution >= 4 is 86.0 Å². The molecule has 5 rings (SSSR count). The van der Waals surface area contributed by atoms with Gasteiger partial charge in [-0.05, 0) is 201 Å². The number of hydrogen-bond donors (Lipinski definition) is 1. The highest BCUT2D eigenvalue weighted by Gasteiger charge is 2.53. The van der Waals surface area contributed by atoms with Crippen LogP contribution in [0.1, 0.15) is 162 Å². The van der Waals surface area contributed by atoms with Crippen LogP contribution in [0.25, 0.3) is 0 Å². The lowest BCUT2D eigenvalue weighted by Crippen LogP contribution is -2.41. The second-order valence-corrected chi connectivity index (χ2v) is 22.5. The number of phenols is 1. The van der Waals surface area contributed by atoms with Crippen LogP contribution in [0.5, 0.6) is 17.2 Å². The minimum atomic E-state index is -4.25. The van der Waals surface area contributed by atoms with Crippen molar-refractivity contribution in [2.24, 2.45) is 0 Å². The lowest BCUT2D eigenvalue weighted by molar-refractivity contribution is -0.137. The monoisotopic (exact) mass is 1360 g/mol. The Kier molecular flexibility index (Phi) is 30.7. The molecule has 27 heteroatoms. The molecule has 3 aromatic carbocycles. The Balaban J connectivity index is 0.000000549. The standard InChI is InChI=1S/C20H28BF3O5.C14H16BrF3O3.C10H11BrO3.C6H13BO2.C4H6BrF3/c1-7-26-17(25)14-11-13(2)16(21-28-18(3,4)19(5,6)29-21)15(12-14)27-10-8-9-20(22,23)24;1-3-20-13(19)10-7-9(2)12(15)11(8-10)21-6-4-5-14(16,17)18;1-3-14-10(13)7-4-6(2)9(11)8(12)5-7;1-5(2)6(3,4)9-7-8-5;5-3-1-2-4(6,7)8/h11-12H,7-10H2,1-6H3;7-8H,3-6H2,1-2H3;4-5,12H,3H2,1-2H3;7H,1-4H3;1-3H2.